The van der Waals surface area contributed by atoms with Gasteiger partial charge in [0.05, 0.1) is 18.0 Å². The van der Waals surface area contributed by atoms with E-state index in [0.29, 0.717) is 12.3 Å². The maximum Gasteiger partial charge on any atom is 0.0743 e. The Kier molecular flexibility index (Phi) is 4.73. The summed E-state index contributed by atoms with van der Waals surface area (Å²) in [7, 11) is 0. The van der Waals surface area contributed by atoms with Crippen LogP contribution in [0.4, 0.5) is 0 Å². The average molecular weight is 304 g/mol. The second kappa shape index (κ2) is 6.93. The van der Waals surface area contributed by atoms with Crippen molar-refractivity contribution in [2.75, 3.05) is 0 Å². The second-order valence-electron chi connectivity index (χ2n) is 6.83. The summed E-state index contributed by atoms with van der Waals surface area (Å²) in [4.78, 5) is 0. The molecular formula is C21H24N2. The highest BCUT2D eigenvalue weighted by Gasteiger charge is 2.35. The Hall–Kier alpha value is -2.19. The molecule has 1 aromatic carbocycles. The topological polar surface area (TPSA) is 35.8 Å². The number of nitrogens with zero attached hydrogens (tertiary/aromatic N) is 1. The lowest BCUT2D eigenvalue weighted by Crippen LogP contribution is -2.38. The number of rotatable bonds is 4. The van der Waals surface area contributed by atoms with Crippen LogP contribution in [-0.2, 0) is 5.54 Å². The molecular weight excluding hydrogens is 280 g/mol. The summed E-state index contributed by atoms with van der Waals surface area (Å²) >= 11 is 0. The first-order valence-electron chi connectivity index (χ1n) is 8.67. The van der Waals surface area contributed by atoms with E-state index in [9.17, 15) is 0 Å². The van der Waals surface area contributed by atoms with Gasteiger partial charge >= 0.3 is 0 Å². The third-order valence-corrected chi connectivity index (χ3v) is 5.13. The van der Waals surface area contributed by atoms with Gasteiger partial charge in [0, 0.05) is 17.2 Å². The molecule has 0 heterocycles. The van der Waals surface area contributed by atoms with Gasteiger partial charge in [0.25, 0.3) is 0 Å². The first-order chi connectivity index (χ1) is 11.2. The maximum atomic E-state index is 8.86. The lowest BCUT2D eigenvalue weighted by atomic mass is 9.85. The van der Waals surface area contributed by atoms with Crippen molar-refractivity contribution in [2.24, 2.45) is 5.92 Å². The third-order valence-electron chi connectivity index (χ3n) is 5.13. The van der Waals surface area contributed by atoms with Crippen molar-refractivity contribution < 1.29 is 0 Å². The van der Waals surface area contributed by atoms with Gasteiger partial charge in [-0.2, -0.15) is 5.26 Å². The molecule has 2 aliphatic rings. The molecule has 1 aromatic rings. The van der Waals surface area contributed by atoms with Crippen molar-refractivity contribution in [1.82, 2.24) is 5.32 Å². The third kappa shape index (κ3) is 3.59. The predicted molar refractivity (Wildman–Crippen MR) is 93.3 cm³/mol. The van der Waals surface area contributed by atoms with Gasteiger partial charge in [0.1, 0.15) is 0 Å². The van der Waals surface area contributed by atoms with E-state index >= 15 is 0 Å². The first-order valence-corrected chi connectivity index (χ1v) is 8.67. The molecule has 23 heavy (non-hydrogen) atoms. The number of allylic oxidation sites excluding steroid dienone is 1. The molecule has 0 atom stereocenters. The number of nitriles is 1. The van der Waals surface area contributed by atoms with Gasteiger partial charge in [-0.05, 0) is 43.4 Å². The quantitative estimate of drug-likeness (QED) is 0.824. The average Bonchev–Trinajstić information content (AvgIpc) is 2.96. The van der Waals surface area contributed by atoms with Crippen LogP contribution in [-0.4, -0.2) is 0 Å². The second-order valence-corrected chi connectivity index (χ2v) is 6.83. The molecule has 0 aliphatic heterocycles. The lowest BCUT2D eigenvalue weighted by Gasteiger charge is -2.32. The number of benzene rings is 1. The molecule has 3 rings (SSSR count). The summed E-state index contributed by atoms with van der Waals surface area (Å²) in [6, 6.07) is 10.8. The standard InChI is InChI=1S/C21H24N2/c1-17(13-16-22)23-21(14-2-3-15-21)20-11-9-19(10-12-20)8-7-18-5-4-6-18/h9-12,18,23H,1-6,13-15H2. The summed E-state index contributed by atoms with van der Waals surface area (Å²) in [6.45, 7) is 4.00. The van der Waals surface area contributed by atoms with E-state index < -0.39 is 0 Å². The Morgan fingerprint density at radius 1 is 1.17 bits per heavy atom. The normalized spacial score (nSPS) is 19.1. The predicted octanol–water partition coefficient (Wildman–Crippen LogP) is 4.62. The van der Waals surface area contributed by atoms with Gasteiger partial charge in [-0.1, -0.05) is 49.8 Å². The molecule has 118 valence electrons. The van der Waals surface area contributed by atoms with Gasteiger partial charge < -0.3 is 5.32 Å². The molecule has 0 bridgehead atoms. The highest BCUT2D eigenvalue weighted by atomic mass is 15.0. The molecule has 0 aromatic heterocycles. The molecule has 0 amide bonds. The van der Waals surface area contributed by atoms with Gasteiger partial charge in [0.15, 0.2) is 0 Å². The lowest BCUT2D eigenvalue weighted by molar-refractivity contribution is 0.374. The van der Waals surface area contributed by atoms with Crippen molar-refractivity contribution in [3.63, 3.8) is 0 Å². The Bertz CT molecular complexity index is 657. The zero-order chi connectivity index (χ0) is 16.1. The van der Waals surface area contributed by atoms with Crippen molar-refractivity contribution in [1.29, 1.82) is 5.26 Å². The van der Waals surface area contributed by atoms with E-state index in [1.54, 1.807) is 0 Å². The van der Waals surface area contributed by atoms with Gasteiger partial charge in [0.2, 0.25) is 0 Å². The van der Waals surface area contributed by atoms with Gasteiger partial charge in [-0.25, -0.2) is 0 Å². The monoisotopic (exact) mass is 304 g/mol. The van der Waals surface area contributed by atoms with Crippen LogP contribution in [0.15, 0.2) is 36.5 Å². The minimum Gasteiger partial charge on any atom is -0.378 e. The fourth-order valence-electron chi connectivity index (χ4n) is 3.55. The number of hydrogen-bond donors (Lipinski definition) is 1. The summed E-state index contributed by atoms with van der Waals surface area (Å²) < 4.78 is 0. The SMILES string of the molecule is C=C(CC#N)NC1(c2ccc(C#CC3CCC3)cc2)CCCC1. The smallest absolute Gasteiger partial charge is 0.0743 e. The van der Waals surface area contributed by atoms with E-state index in [0.717, 1.165) is 24.1 Å². The van der Waals surface area contributed by atoms with Gasteiger partial charge in [-0.3, -0.25) is 0 Å². The Labute approximate surface area is 139 Å². The zero-order valence-corrected chi connectivity index (χ0v) is 13.7. The molecule has 1 N–H and O–H groups in total. The van der Waals surface area contributed by atoms with E-state index in [1.165, 1.54) is 37.7 Å². The minimum atomic E-state index is -0.0478. The van der Waals surface area contributed by atoms with E-state index in [1.807, 2.05) is 0 Å². The van der Waals surface area contributed by atoms with Crippen LogP contribution < -0.4 is 5.32 Å². The van der Waals surface area contributed by atoms with E-state index in [-0.39, 0.29) is 5.54 Å². The van der Waals surface area contributed by atoms with Crippen LogP contribution in [0.2, 0.25) is 0 Å². The zero-order valence-electron chi connectivity index (χ0n) is 13.7. The molecule has 0 unspecified atom stereocenters. The van der Waals surface area contributed by atoms with Crippen molar-refractivity contribution in [2.45, 2.75) is 56.9 Å². The van der Waals surface area contributed by atoms with Crippen LogP contribution in [0.5, 0.6) is 0 Å². The molecule has 0 radical (unpaired) electrons. The molecule has 0 spiro atoms. The number of hydrogen-bond acceptors (Lipinski definition) is 2. The van der Waals surface area contributed by atoms with Crippen LogP contribution >= 0.6 is 0 Å². The summed E-state index contributed by atoms with van der Waals surface area (Å²) in [6.07, 6.45) is 8.87. The van der Waals surface area contributed by atoms with Gasteiger partial charge in [-0.15, -0.1) is 0 Å². The highest BCUT2D eigenvalue weighted by Crippen LogP contribution is 2.39. The minimum absolute atomic E-state index is 0.0478. The molecule has 2 nitrogen and oxygen atoms in total. The van der Waals surface area contributed by atoms with Crippen LogP contribution in [0.25, 0.3) is 0 Å². The van der Waals surface area contributed by atoms with Crippen molar-refractivity contribution in [3.05, 3.63) is 47.7 Å². The fourth-order valence-corrected chi connectivity index (χ4v) is 3.55. The molecule has 2 saturated carbocycles. The van der Waals surface area contributed by atoms with Crippen LogP contribution in [0.3, 0.4) is 0 Å². The van der Waals surface area contributed by atoms with Crippen molar-refractivity contribution >= 4 is 0 Å². The summed E-state index contributed by atoms with van der Waals surface area (Å²) in [5, 5.41) is 12.4. The number of nitrogens with one attached hydrogen (secondary N) is 1. The highest BCUT2D eigenvalue weighted by molar-refractivity contribution is 5.39. The van der Waals surface area contributed by atoms with E-state index in [2.05, 4.69) is 54.1 Å². The maximum absolute atomic E-state index is 8.86. The Balaban J connectivity index is 1.75. The van der Waals surface area contributed by atoms with Crippen LogP contribution in [0.1, 0.15) is 62.5 Å². The molecule has 2 aliphatic carbocycles. The largest absolute Gasteiger partial charge is 0.378 e. The first kappa shape index (κ1) is 15.7. The summed E-state index contributed by atoms with van der Waals surface area (Å²) in [5.41, 5.74) is 3.17. The molecule has 2 heteroatoms. The fraction of sp³-hybridized carbons (Fsp3) is 0.476. The Morgan fingerprint density at radius 3 is 2.43 bits per heavy atom. The van der Waals surface area contributed by atoms with Crippen molar-refractivity contribution in [3.8, 4) is 17.9 Å². The summed E-state index contributed by atoms with van der Waals surface area (Å²) in [5.74, 6) is 7.29. The molecule has 0 saturated heterocycles. The van der Waals surface area contributed by atoms with Crippen LogP contribution in [0, 0.1) is 29.1 Å². The Morgan fingerprint density at radius 2 is 1.87 bits per heavy atom. The molecule has 2 fully saturated rings. The van der Waals surface area contributed by atoms with E-state index in [4.69, 9.17) is 5.26 Å².